The minimum Gasteiger partial charge on any atom is -0.351 e. The van der Waals surface area contributed by atoms with E-state index in [9.17, 15) is 9.59 Å². The molecule has 0 aliphatic carbocycles. The van der Waals surface area contributed by atoms with Crippen LogP contribution < -0.4 is 5.32 Å². The Balaban J connectivity index is 1.71. The Kier molecular flexibility index (Phi) is 8.28. The molecule has 1 saturated heterocycles. The summed E-state index contributed by atoms with van der Waals surface area (Å²) in [4.78, 5) is 36.2. The van der Waals surface area contributed by atoms with Crippen molar-refractivity contribution in [2.24, 2.45) is 0 Å². The van der Waals surface area contributed by atoms with Crippen molar-refractivity contribution in [2.45, 2.75) is 37.9 Å². The van der Waals surface area contributed by atoms with Gasteiger partial charge in [-0.05, 0) is 43.0 Å². The molecule has 2 amide bonds. The number of benzene rings is 2. The van der Waals surface area contributed by atoms with Crippen LogP contribution in [0.25, 0.3) is 0 Å². The lowest BCUT2D eigenvalue weighted by Crippen LogP contribution is -2.65. The monoisotopic (exact) mass is 482 g/mol. The van der Waals surface area contributed by atoms with E-state index in [1.54, 1.807) is 30.6 Å². The average Bonchev–Trinajstić information content (AvgIpc) is 2.94. The van der Waals surface area contributed by atoms with Crippen LogP contribution in [0.2, 0.25) is 0 Å². The molecule has 1 aliphatic rings. The Hall–Kier alpha value is -3.77. The molecule has 2 heterocycles. The normalized spacial score (nSPS) is 16.0. The van der Waals surface area contributed by atoms with E-state index < -0.39 is 5.54 Å². The van der Waals surface area contributed by atoms with Crippen LogP contribution in [0.3, 0.4) is 0 Å². The van der Waals surface area contributed by atoms with Crippen molar-refractivity contribution in [3.63, 3.8) is 0 Å². The van der Waals surface area contributed by atoms with E-state index >= 15 is 0 Å². The highest BCUT2D eigenvalue weighted by molar-refractivity contribution is 5.99. The molecule has 1 N–H and O–H groups in total. The zero-order chi connectivity index (χ0) is 25.4. The third-order valence-electron chi connectivity index (χ3n) is 7.04. The zero-order valence-electron chi connectivity index (χ0n) is 20.8. The van der Waals surface area contributed by atoms with Crippen molar-refractivity contribution in [3.05, 3.63) is 115 Å². The minimum absolute atomic E-state index is 0.132. The molecular weight excluding hydrogens is 448 g/mol. The first-order valence-corrected chi connectivity index (χ1v) is 12.5. The molecule has 1 atom stereocenters. The number of carbonyl (C=O) groups is 2. The van der Waals surface area contributed by atoms with Crippen molar-refractivity contribution in [1.82, 2.24) is 20.1 Å². The van der Waals surface area contributed by atoms with Gasteiger partial charge in [-0.25, -0.2) is 0 Å². The predicted molar refractivity (Wildman–Crippen MR) is 142 cm³/mol. The zero-order valence-corrected chi connectivity index (χ0v) is 20.8. The molecule has 36 heavy (non-hydrogen) atoms. The van der Waals surface area contributed by atoms with Gasteiger partial charge in [0.1, 0.15) is 5.54 Å². The summed E-state index contributed by atoms with van der Waals surface area (Å²) in [5.41, 5.74) is 1.76. The lowest BCUT2D eigenvalue weighted by atomic mass is 9.81. The van der Waals surface area contributed by atoms with Crippen LogP contribution >= 0.6 is 0 Å². The quantitative estimate of drug-likeness (QED) is 0.452. The topological polar surface area (TPSA) is 65.5 Å². The maximum Gasteiger partial charge on any atom is 0.255 e. The highest BCUT2D eigenvalue weighted by Gasteiger charge is 2.50. The van der Waals surface area contributed by atoms with E-state index in [0.717, 1.165) is 12.1 Å². The van der Waals surface area contributed by atoms with Crippen LogP contribution in [0.4, 0.5) is 0 Å². The van der Waals surface area contributed by atoms with Gasteiger partial charge in [0.2, 0.25) is 5.91 Å². The lowest BCUT2D eigenvalue weighted by molar-refractivity contribution is -0.137. The molecule has 186 valence electrons. The Morgan fingerprint density at radius 2 is 1.64 bits per heavy atom. The highest BCUT2D eigenvalue weighted by Crippen LogP contribution is 2.38. The molecule has 1 aliphatic heterocycles. The number of amides is 2. The fraction of sp³-hybridized carbons (Fsp3) is 0.300. The molecule has 4 rings (SSSR count). The number of nitrogens with one attached hydrogen (secondary N) is 1. The molecule has 3 aromatic rings. The van der Waals surface area contributed by atoms with Crippen LogP contribution in [0.1, 0.15) is 47.3 Å². The molecule has 6 nitrogen and oxygen atoms in total. The number of pyridine rings is 1. The van der Waals surface area contributed by atoms with E-state index in [0.29, 0.717) is 38.0 Å². The summed E-state index contributed by atoms with van der Waals surface area (Å²) in [5, 5.41) is 3.02. The molecule has 1 unspecified atom stereocenters. The van der Waals surface area contributed by atoms with Gasteiger partial charge in [-0.15, -0.1) is 6.58 Å². The van der Waals surface area contributed by atoms with Crippen LogP contribution in [-0.2, 0) is 11.3 Å². The van der Waals surface area contributed by atoms with Gasteiger partial charge >= 0.3 is 0 Å². The number of piperidine rings is 1. The summed E-state index contributed by atoms with van der Waals surface area (Å²) >= 11 is 0. The number of aromatic nitrogens is 1. The van der Waals surface area contributed by atoms with Crippen LogP contribution in [0.15, 0.2) is 97.8 Å². The molecule has 6 heteroatoms. The second-order valence-electron chi connectivity index (χ2n) is 9.29. The van der Waals surface area contributed by atoms with Gasteiger partial charge in [0.15, 0.2) is 0 Å². The lowest BCUT2D eigenvalue weighted by Gasteiger charge is -2.50. The third kappa shape index (κ3) is 5.55. The summed E-state index contributed by atoms with van der Waals surface area (Å²) in [7, 11) is 0. The minimum atomic E-state index is -0.994. The summed E-state index contributed by atoms with van der Waals surface area (Å²) < 4.78 is 0. The average molecular weight is 483 g/mol. The summed E-state index contributed by atoms with van der Waals surface area (Å²) in [5.74, 6) is -0.300. The van der Waals surface area contributed by atoms with Crippen molar-refractivity contribution >= 4 is 11.8 Å². The Morgan fingerprint density at radius 1 is 1.03 bits per heavy atom. The largest absolute Gasteiger partial charge is 0.351 e. The molecule has 1 aromatic heterocycles. The molecule has 0 saturated carbocycles. The van der Waals surface area contributed by atoms with Gasteiger partial charge in [0.25, 0.3) is 5.91 Å². The van der Waals surface area contributed by atoms with Gasteiger partial charge < -0.3 is 10.2 Å². The second-order valence-corrected chi connectivity index (χ2v) is 9.29. The van der Waals surface area contributed by atoms with Gasteiger partial charge in [0, 0.05) is 44.1 Å². The van der Waals surface area contributed by atoms with Gasteiger partial charge in [-0.3, -0.25) is 19.5 Å². The third-order valence-corrected chi connectivity index (χ3v) is 7.04. The van der Waals surface area contributed by atoms with Crippen molar-refractivity contribution in [1.29, 1.82) is 0 Å². The standard InChI is InChI=1S/C30H34N4O2/c1-3-18-32-29(36)30(16-21-33(22-17-30)23-25-10-6-4-7-11-25)34(24(2)26-12-8-5-9-13-26)28(35)27-14-19-31-20-15-27/h3-15,19-20,24H,1,16-18,21-23H2,2H3,(H,32,36). The maximum atomic E-state index is 14.1. The molecule has 2 aromatic carbocycles. The number of hydrogen-bond donors (Lipinski definition) is 1. The van der Waals surface area contributed by atoms with Crippen molar-refractivity contribution in [3.8, 4) is 0 Å². The van der Waals surface area contributed by atoms with E-state index in [1.165, 1.54) is 5.56 Å². The molecular formula is C30H34N4O2. The first kappa shape index (κ1) is 25.3. The van der Waals surface area contributed by atoms with E-state index in [1.807, 2.05) is 60.4 Å². The fourth-order valence-electron chi connectivity index (χ4n) is 5.08. The first-order chi connectivity index (χ1) is 17.5. The fourth-order valence-corrected chi connectivity index (χ4v) is 5.08. The molecule has 0 radical (unpaired) electrons. The predicted octanol–water partition coefficient (Wildman–Crippen LogP) is 4.62. The molecule has 0 spiro atoms. The smallest absolute Gasteiger partial charge is 0.255 e. The number of hydrogen-bond acceptors (Lipinski definition) is 4. The van der Waals surface area contributed by atoms with E-state index in [4.69, 9.17) is 0 Å². The second kappa shape index (κ2) is 11.8. The van der Waals surface area contributed by atoms with Crippen molar-refractivity contribution in [2.75, 3.05) is 19.6 Å². The number of likely N-dealkylation sites (tertiary alicyclic amines) is 1. The van der Waals surface area contributed by atoms with E-state index in [2.05, 4.69) is 33.9 Å². The molecule has 1 fully saturated rings. The SMILES string of the molecule is C=CCNC(=O)C1(N(C(=O)c2ccncc2)C(C)c2ccccc2)CCN(Cc2ccccc2)CC1. The van der Waals surface area contributed by atoms with Crippen LogP contribution in [0, 0.1) is 0 Å². The Bertz CT molecular complexity index is 1140. The summed E-state index contributed by atoms with van der Waals surface area (Å²) in [6, 6.07) is 23.4. The van der Waals surface area contributed by atoms with Crippen molar-refractivity contribution < 1.29 is 9.59 Å². The van der Waals surface area contributed by atoms with Gasteiger partial charge in [-0.2, -0.15) is 0 Å². The number of nitrogens with zero attached hydrogens (tertiary/aromatic N) is 3. The highest BCUT2D eigenvalue weighted by atomic mass is 16.2. The van der Waals surface area contributed by atoms with Gasteiger partial charge in [0.05, 0.1) is 6.04 Å². The molecule has 0 bridgehead atoms. The Morgan fingerprint density at radius 3 is 2.25 bits per heavy atom. The van der Waals surface area contributed by atoms with Crippen LogP contribution in [0.5, 0.6) is 0 Å². The maximum absolute atomic E-state index is 14.1. The Labute approximate surface area is 213 Å². The van der Waals surface area contributed by atoms with E-state index in [-0.39, 0.29) is 17.9 Å². The number of carbonyl (C=O) groups excluding carboxylic acids is 2. The van der Waals surface area contributed by atoms with Crippen LogP contribution in [-0.4, -0.2) is 51.8 Å². The number of rotatable bonds is 9. The first-order valence-electron chi connectivity index (χ1n) is 12.5. The summed E-state index contributed by atoms with van der Waals surface area (Å²) in [6.07, 6.45) is 5.98. The summed E-state index contributed by atoms with van der Waals surface area (Å²) in [6.45, 7) is 8.35. The van der Waals surface area contributed by atoms with Gasteiger partial charge in [-0.1, -0.05) is 66.7 Å².